The fourth-order valence-electron chi connectivity index (χ4n) is 3.22. The number of carbonyl (C=O) groups is 1. The number of piperidine rings is 1. The molecule has 3 rings (SSSR count). The van der Waals surface area contributed by atoms with Gasteiger partial charge in [0.2, 0.25) is 5.89 Å². The molecule has 0 unspecified atom stereocenters. The molecule has 2 N–H and O–H groups in total. The van der Waals surface area contributed by atoms with Gasteiger partial charge in [-0.15, -0.1) is 0 Å². The topological polar surface area (TPSA) is 92.0 Å². The summed E-state index contributed by atoms with van der Waals surface area (Å²) in [5.41, 5.74) is 2.93. The molecule has 8 heteroatoms. The summed E-state index contributed by atoms with van der Waals surface area (Å²) in [5.74, 6) is 1.34. The Labute approximate surface area is 171 Å². The molecule has 29 heavy (non-hydrogen) atoms. The maximum absolute atomic E-state index is 11.6. The summed E-state index contributed by atoms with van der Waals surface area (Å²) in [6, 6.07) is 8.34. The zero-order chi connectivity index (χ0) is 20.6. The number of nitrogens with one attached hydrogen (secondary N) is 2. The van der Waals surface area contributed by atoms with Crippen molar-refractivity contribution >= 4 is 12.1 Å². The van der Waals surface area contributed by atoms with Gasteiger partial charge in [0, 0.05) is 31.2 Å². The van der Waals surface area contributed by atoms with Crippen molar-refractivity contribution in [2.45, 2.75) is 39.3 Å². The van der Waals surface area contributed by atoms with Crippen molar-refractivity contribution in [1.82, 2.24) is 20.5 Å². The predicted molar refractivity (Wildman–Crippen MR) is 112 cm³/mol. The van der Waals surface area contributed by atoms with Gasteiger partial charge in [-0.2, -0.15) is 0 Å². The van der Waals surface area contributed by atoms with Crippen molar-refractivity contribution in [2.75, 3.05) is 26.7 Å². The molecule has 0 radical (unpaired) electrons. The van der Waals surface area contributed by atoms with Crippen molar-refractivity contribution in [3.8, 4) is 11.5 Å². The summed E-state index contributed by atoms with van der Waals surface area (Å²) in [6.45, 7) is 6.61. The number of benzene rings is 1. The smallest absolute Gasteiger partial charge is 0.409 e. The van der Waals surface area contributed by atoms with Crippen molar-refractivity contribution in [2.24, 2.45) is 4.99 Å². The number of hydrogen-bond acceptors (Lipinski definition) is 5. The number of carbonyl (C=O) groups excluding carboxylic acids is 1. The summed E-state index contributed by atoms with van der Waals surface area (Å²) < 4.78 is 10.4. The maximum Gasteiger partial charge on any atom is 0.409 e. The van der Waals surface area contributed by atoms with Crippen LogP contribution in [0.15, 0.2) is 39.9 Å². The van der Waals surface area contributed by atoms with Gasteiger partial charge < -0.3 is 24.7 Å². The van der Waals surface area contributed by atoms with Crippen LogP contribution in [0.4, 0.5) is 4.79 Å². The number of rotatable bonds is 5. The molecule has 1 aliphatic heterocycles. The van der Waals surface area contributed by atoms with E-state index in [9.17, 15) is 4.79 Å². The predicted octanol–water partition coefficient (Wildman–Crippen LogP) is 2.94. The second kappa shape index (κ2) is 9.95. The highest BCUT2D eigenvalue weighted by atomic mass is 16.5. The molecule has 0 spiro atoms. The van der Waals surface area contributed by atoms with Crippen molar-refractivity contribution < 1.29 is 13.9 Å². The molecule has 2 aromatic rings. The zero-order valence-corrected chi connectivity index (χ0v) is 17.3. The van der Waals surface area contributed by atoms with Crippen LogP contribution in [0.25, 0.3) is 11.5 Å². The summed E-state index contributed by atoms with van der Waals surface area (Å²) in [5, 5.41) is 6.72. The first-order valence-electron chi connectivity index (χ1n) is 9.98. The molecule has 8 nitrogen and oxygen atoms in total. The zero-order valence-electron chi connectivity index (χ0n) is 17.3. The van der Waals surface area contributed by atoms with Gasteiger partial charge in [-0.25, -0.2) is 14.8 Å². The molecule has 2 heterocycles. The molecule has 1 aromatic carbocycles. The first-order valence-corrected chi connectivity index (χ1v) is 9.98. The summed E-state index contributed by atoms with van der Waals surface area (Å²) >= 11 is 0. The van der Waals surface area contributed by atoms with Crippen LogP contribution >= 0.6 is 0 Å². The van der Waals surface area contributed by atoms with Gasteiger partial charge in [-0.1, -0.05) is 17.7 Å². The largest absolute Gasteiger partial charge is 0.453 e. The van der Waals surface area contributed by atoms with Crippen LogP contribution < -0.4 is 10.6 Å². The molecule has 0 saturated carbocycles. The Morgan fingerprint density at radius 3 is 2.69 bits per heavy atom. The number of aromatic nitrogens is 1. The Balaban J connectivity index is 1.57. The number of amides is 1. The van der Waals surface area contributed by atoms with E-state index in [1.807, 2.05) is 38.1 Å². The lowest BCUT2D eigenvalue weighted by molar-refractivity contribution is 0.111. The molecular formula is C21H29N5O3. The molecule has 1 fully saturated rings. The van der Waals surface area contributed by atoms with Gasteiger partial charge in [-0.05, 0) is 38.8 Å². The molecule has 1 saturated heterocycles. The number of hydrogen-bond donors (Lipinski definition) is 2. The second-order valence-corrected chi connectivity index (χ2v) is 7.08. The highest BCUT2D eigenvalue weighted by Crippen LogP contribution is 2.19. The Hall–Kier alpha value is -3.03. The lowest BCUT2D eigenvalue weighted by Crippen LogP contribution is -2.49. The van der Waals surface area contributed by atoms with Crippen LogP contribution in [-0.4, -0.2) is 54.7 Å². The van der Waals surface area contributed by atoms with E-state index in [4.69, 9.17) is 9.15 Å². The number of methoxy groups -OCH3 is 1. The van der Waals surface area contributed by atoms with Gasteiger partial charge in [0.05, 0.1) is 13.7 Å². The fraction of sp³-hybridized carbons (Fsp3) is 0.476. The number of ether oxygens (including phenoxy) is 1. The number of guanidine groups is 1. The van der Waals surface area contributed by atoms with Crippen LogP contribution in [0.3, 0.4) is 0 Å². The Morgan fingerprint density at radius 1 is 1.31 bits per heavy atom. The van der Waals surface area contributed by atoms with E-state index >= 15 is 0 Å². The summed E-state index contributed by atoms with van der Waals surface area (Å²) in [7, 11) is 1.41. The highest BCUT2D eigenvalue weighted by molar-refractivity contribution is 5.80. The molecular weight excluding hydrogens is 370 g/mol. The minimum atomic E-state index is -0.264. The van der Waals surface area contributed by atoms with Gasteiger partial charge >= 0.3 is 6.09 Å². The van der Waals surface area contributed by atoms with Crippen LogP contribution in [0.5, 0.6) is 0 Å². The van der Waals surface area contributed by atoms with E-state index in [2.05, 4.69) is 20.6 Å². The Morgan fingerprint density at radius 2 is 2.03 bits per heavy atom. The lowest BCUT2D eigenvalue weighted by atomic mass is 10.1. The average Bonchev–Trinajstić information content (AvgIpc) is 3.22. The third kappa shape index (κ3) is 5.73. The van der Waals surface area contributed by atoms with Crippen molar-refractivity contribution in [3.05, 3.63) is 41.8 Å². The van der Waals surface area contributed by atoms with Crippen LogP contribution in [0, 0.1) is 6.92 Å². The monoisotopic (exact) mass is 399 g/mol. The quantitative estimate of drug-likeness (QED) is 0.593. The van der Waals surface area contributed by atoms with E-state index < -0.39 is 0 Å². The first kappa shape index (κ1) is 20.7. The summed E-state index contributed by atoms with van der Waals surface area (Å²) in [4.78, 5) is 22.5. The third-order valence-corrected chi connectivity index (χ3v) is 4.86. The van der Waals surface area contributed by atoms with Crippen LogP contribution in [0.1, 0.15) is 31.0 Å². The number of nitrogens with zero attached hydrogens (tertiary/aromatic N) is 3. The van der Waals surface area contributed by atoms with Crippen LogP contribution in [-0.2, 0) is 11.3 Å². The van der Waals surface area contributed by atoms with E-state index in [1.165, 1.54) is 12.7 Å². The van der Waals surface area contributed by atoms with Crippen molar-refractivity contribution in [1.29, 1.82) is 0 Å². The Bertz CT molecular complexity index is 823. The minimum Gasteiger partial charge on any atom is -0.453 e. The van der Waals surface area contributed by atoms with Gasteiger partial charge in [0.25, 0.3) is 0 Å². The molecule has 0 atom stereocenters. The number of oxazole rings is 1. The van der Waals surface area contributed by atoms with E-state index in [1.54, 1.807) is 11.2 Å². The van der Waals surface area contributed by atoms with Gasteiger partial charge in [0.15, 0.2) is 5.96 Å². The molecule has 1 aromatic heterocycles. The SMILES string of the molecule is CCNC(=NCc1coc(-c2ccc(C)cc2)n1)NC1CCN(C(=O)OC)CC1. The average molecular weight is 399 g/mol. The third-order valence-electron chi connectivity index (χ3n) is 4.86. The Kier molecular flexibility index (Phi) is 7.10. The molecule has 0 aliphatic carbocycles. The number of likely N-dealkylation sites (tertiary alicyclic amines) is 1. The molecule has 156 valence electrons. The lowest BCUT2D eigenvalue weighted by Gasteiger charge is -2.32. The van der Waals surface area contributed by atoms with E-state index in [0.717, 1.165) is 36.6 Å². The fourth-order valence-corrected chi connectivity index (χ4v) is 3.22. The minimum absolute atomic E-state index is 0.258. The number of aliphatic imine (C=N–C) groups is 1. The first-order chi connectivity index (χ1) is 14.1. The second-order valence-electron chi connectivity index (χ2n) is 7.08. The van der Waals surface area contributed by atoms with Crippen LogP contribution in [0.2, 0.25) is 0 Å². The molecule has 1 amide bonds. The van der Waals surface area contributed by atoms with Gasteiger partial charge in [0.1, 0.15) is 12.0 Å². The van der Waals surface area contributed by atoms with E-state index in [0.29, 0.717) is 25.5 Å². The molecule has 0 bridgehead atoms. The summed E-state index contributed by atoms with van der Waals surface area (Å²) in [6.07, 6.45) is 3.08. The molecule has 1 aliphatic rings. The van der Waals surface area contributed by atoms with Gasteiger partial charge in [-0.3, -0.25) is 0 Å². The van der Waals surface area contributed by atoms with Crippen molar-refractivity contribution in [3.63, 3.8) is 0 Å². The highest BCUT2D eigenvalue weighted by Gasteiger charge is 2.23. The number of aryl methyl sites for hydroxylation is 1. The standard InChI is InChI=1S/C21H29N5O3/c1-4-22-20(25-17-9-11-26(12-10-17)21(27)28-3)23-13-18-14-29-19(24-18)16-7-5-15(2)6-8-16/h5-8,14,17H,4,9-13H2,1-3H3,(H2,22,23,25). The maximum atomic E-state index is 11.6. The normalized spacial score (nSPS) is 15.3. The van der Waals surface area contributed by atoms with E-state index in [-0.39, 0.29) is 12.1 Å².